The zero-order valence-corrected chi connectivity index (χ0v) is 10.8. The van der Waals surface area contributed by atoms with Crippen molar-refractivity contribution in [3.63, 3.8) is 0 Å². The zero-order valence-electron chi connectivity index (χ0n) is 9.25. The molecule has 5 nitrogen and oxygen atoms in total. The number of halogens is 1. The summed E-state index contributed by atoms with van der Waals surface area (Å²) in [6.07, 6.45) is 1.51. The third kappa shape index (κ3) is 2.98. The van der Waals surface area contributed by atoms with Crippen molar-refractivity contribution in [2.24, 2.45) is 10.9 Å². The number of nitrogens with zero attached hydrogens (tertiary/aromatic N) is 2. The van der Waals surface area contributed by atoms with Crippen LogP contribution in [0.2, 0.25) is 0 Å². The fourth-order valence-corrected chi connectivity index (χ4v) is 1.55. The van der Waals surface area contributed by atoms with Crippen LogP contribution in [0.4, 0.5) is 0 Å². The molecule has 1 heterocycles. The Bertz CT molecular complexity index is 553. The molecule has 0 aliphatic carbocycles. The zero-order chi connectivity index (χ0) is 13.0. The van der Waals surface area contributed by atoms with E-state index in [1.54, 1.807) is 12.1 Å². The number of amidine groups is 1. The maximum Gasteiger partial charge on any atom is 0.188 e. The second-order valence-electron chi connectivity index (χ2n) is 3.42. The van der Waals surface area contributed by atoms with Gasteiger partial charge in [-0.15, -0.1) is 0 Å². The minimum absolute atomic E-state index is 0.0369. The Morgan fingerprint density at radius 2 is 1.83 bits per heavy atom. The van der Waals surface area contributed by atoms with Crippen LogP contribution < -0.4 is 10.5 Å². The van der Waals surface area contributed by atoms with E-state index in [0.29, 0.717) is 17.2 Å². The molecule has 2 aromatic rings. The smallest absolute Gasteiger partial charge is 0.188 e. The molecule has 0 atom stereocenters. The molecule has 0 bridgehead atoms. The SMILES string of the molecule is N/C(=N/O)c1ccc(Oc2ccc(Br)cc2)cn1. The van der Waals surface area contributed by atoms with Crippen molar-refractivity contribution in [2.45, 2.75) is 0 Å². The molecule has 0 spiro atoms. The first kappa shape index (κ1) is 12.4. The van der Waals surface area contributed by atoms with Crippen molar-refractivity contribution >= 4 is 21.8 Å². The van der Waals surface area contributed by atoms with E-state index in [4.69, 9.17) is 15.7 Å². The molecule has 0 amide bonds. The van der Waals surface area contributed by atoms with Gasteiger partial charge in [-0.25, -0.2) is 4.98 Å². The summed E-state index contributed by atoms with van der Waals surface area (Å²) < 4.78 is 6.56. The van der Waals surface area contributed by atoms with Crippen LogP contribution in [-0.2, 0) is 0 Å². The van der Waals surface area contributed by atoms with Gasteiger partial charge in [0.1, 0.15) is 17.2 Å². The molecule has 0 saturated carbocycles. The minimum Gasteiger partial charge on any atom is -0.456 e. The van der Waals surface area contributed by atoms with E-state index in [1.165, 1.54) is 6.20 Å². The molecular weight excluding hydrogens is 298 g/mol. The van der Waals surface area contributed by atoms with Crippen LogP contribution in [0.15, 0.2) is 52.2 Å². The van der Waals surface area contributed by atoms with Crippen LogP contribution in [0.3, 0.4) is 0 Å². The largest absolute Gasteiger partial charge is 0.456 e. The molecule has 3 N–H and O–H groups in total. The van der Waals surface area contributed by atoms with Gasteiger partial charge in [0.2, 0.25) is 0 Å². The molecule has 0 saturated heterocycles. The minimum atomic E-state index is -0.0369. The predicted octanol–water partition coefficient (Wildman–Crippen LogP) is 2.73. The molecule has 0 aliphatic rings. The topological polar surface area (TPSA) is 80.7 Å². The monoisotopic (exact) mass is 307 g/mol. The van der Waals surface area contributed by atoms with E-state index in [-0.39, 0.29) is 5.84 Å². The summed E-state index contributed by atoms with van der Waals surface area (Å²) >= 11 is 3.35. The molecular formula is C12H10BrN3O2. The molecule has 0 aliphatic heterocycles. The number of oxime groups is 1. The molecule has 0 unspecified atom stereocenters. The van der Waals surface area contributed by atoms with Gasteiger partial charge in [0.25, 0.3) is 0 Å². The second-order valence-corrected chi connectivity index (χ2v) is 4.34. The Morgan fingerprint density at radius 3 is 2.39 bits per heavy atom. The van der Waals surface area contributed by atoms with E-state index in [1.807, 2.05) is 24.3 Å². The third-order valence-electron chi connectivity index (χ3n) is 2.16. The summed E-state index contributed by atoms with van der Waals surface area (Å²) in [5.41, 5.74) is 5.79. The van der Waals surface area contributed by atoms with E-state index >= 15 is 0 Å². The number of hydrogen-bond acceptors (Lipinski definition) is 4. The third-order valence-corrected chi connectivity index (χ3v) is 2.68. The van der Waals surface area contributed by atoms with Crippen LogP contribution in [0.25, 0.3) is 0 Å². The number of benzene rings is 1. The average molecular weight is 308 g/mol. The number of hydrogen-bond donors (Lipinski definition) is 2. The summed E-state index contributed by atoms with van der Waals surface area (Å²) in [5, 5.41) is 11.4. The lowest BCUT2D eigenvalue weighted by atomic mass is 10.3. The normalized spacial score (nSPS) is 11.3. The van der Waals surface area contributed by atoms with Gasteiger partial charge in [-0.3, -0.25) is 0 Å². The fraction of sp³-hybridized carbons (Fsp3) is 0. The summed E-state index contributed by atoms with van der Waals surface area (Å²) in [6, 6.07) is 10.7. The van der Waals surface area contributed by atoms with Gasteiger partial charge in [-0.05, 0) is 36.4 Å². The lowest BCUT2D eigenvalue weighted by molar-refractivity contribution is 0.318. The molecule has 6 heteroatoms. The Kier molecular flexibility index (Phi) is 3.78. The maximum atomic E-state index is 8.51. The molecule has 0 radical (unpaired) electrons. The Hall–Kier alpha value is -2.08. The molecule has 1 aromatic heterocycles. The van der Waals surface area contributed by atoms with E-state index < -0.39 is 0 Å². The summed E-state index contributed by atoms with van der Waals surface area (Å²) in [6.45, 7) is 0. The van der Waals surface area contributed by atoms with Crippen molar-refractivity contribution in [1.82, 2.24) is 4.98 Å². The van der Waals surface area contributed by atoms with Crippen LogP contribution in [0.5, 0.6) is 11.5 Å². The molecule has 92 valence electrons. The van der Waals surface area contributed by atoms with Gasteiger partial charge in [-0.2, -0.15) is 0 Å². The van der Waals surface area contributed by atoms with Crippen molar-refractivity contribution in [1.29, 1.82) is 0 Å². The van der Waals surface area contributed by atoms with Crippen LogP contribution >= 0.6 is 15.9 Å². The van der Waals surface area contributed by atoms with Crippen molar-refractivity contribution < 1.29 is 9.94 Å². The number of nitrogens with two attached hydrogens (primary N) is 1. The van der Waals surface area contributed by atoms with Gasteiger partial charge in [0.15, 0.2) is 5.84 Å². The summed E-state index contributed by atoms with van der Waals surface area (Å²) in [4.78, 5) is 4.01. The quantitative estimate of drug-likeness (QED) is 0.395. The summed E-state index contributed by atoms with van der Waals surface area (Å²) in [5.74, 6) is 1.24. The maximum absolute atomic E-state index is 8.51. The highest BCUT2D eigenvalue weighted by Crippen LogP contribution is 2.22. The van der Waals surface area contributed by atoms with E-state index in [0.717, 1.165) is 4.47 Å². The highest BCUT2D eigenvalue weighted by molar-refractivity contribution is 9.10. The van der Waals surface area contributed by atoms with Gasteiger partial charge in [-0.1, -0.05) is 21.1 Å². The standard InChI is InChI=1S/C12H10BrN3O2/c13-8-1-3-9(4-2-8)18-10-5-6-11(15-7-10)12(14)16-17/h1-7,17H,(H2,14,16). The Balaban J connectivity index is 2.13. The molecule has 2 rings (SSSR count). The van der Waals surface area contributed by atoms with Crippen LogP contribution in [0.1, 0.15) is 5.69 Å². The Labute approximate surface area is 112 Å². The highest BCUT2D eigenvalue weighted by atomic mass is 79.9. The van der Waals surface area contributed by atoms with Gasteiger partial charge < -0.3 is 15.7 Å². The first-order valence-corrected chi connectivity index (χ1v) is 5.86. The summed E-state index contributed by atoms with van der Waals surface area (Å²) in [7, 11) is 0. The fourth-order valence-electron chi connectivity index (χ4n) is 1.28. The molecule has 1 aromatic carbocycles. The lowest BCUT2D eigenvalue weighted by Crippen LogP contribution is -2.14. The van der Waals surface area contributed by atoms with Gasteiger partial charge >= 0.3 is 0 Å². The number of ether oxygens (including phenoxy) is 1. The number of aromatic nitrogens is 1. The molecule has 0 fully saturated rings. The van der Waals surface area contributed by atoms with Crippen molar-refractivity contribution in [2.75, 3.05) is 0 Å². The number of rotatable bonds is 3. The van der Waals surface area contributed by atoms with E-state index in [2.05, 4.69) is 26.1 Å². The van der Waals surface area contributed by atoms with Gasteiger partial charge in [0, 0.05) is 4.47 Å². The number of pyridine rings is 1. The van der Waals surface area contributed by atoms with E-state index in [9.17, 15) is 0 Å². The van der Waals surface area contributed by atoms with Crippen LogP contribution in [0, 0.1) is 0 Å². The van der Waals surface area contributed by atoms with Crippen molar-refractivity contribution in [3.8, 4) is 11.5 Å². The van der Waals surface area contributed by atoms with Gasteiger partial charge in [0.05, 0.1) is 6.20 Å². The highest BCUT2D eigenvalue weighted by Gasteiger charge is 2.02. The molecule has 18 heavy (non-hydrogen) atoms. The average Bonchev–Trinajstić information content (AvgIpc) is 2.41. The van der Waals surface area contributed by atoms with Crippen molar-refractivity contribution in [3.05, 3.63) is 52.8 Å². The lowest BCUT2D eigenvalue weighted by Gasteiger charge is -2.05. The predicted molar refractivity (Wildman–Crippen MR) is 71.0 cm³/mol. The van der Waals surface area contributed by atoms with Crippen LogP contribution in [-0.4, -0.2) is 16.0 Å². The second kappa shape index (κ2) is 5.50. The first-order chi connectivity index (χ1) is 8.69. The first-order valence-electron chi connectivity index (χ1n) is 5.06. The Morgan fingerprint density at radius 1 is 1.17 bits per heavy atom.